The van der Waals surface area contributed by atoms with Crippen LogP contribution >= 0.6 is 0 Å². The fraction of sp³-hybridized carbons (Fsp3) is 0.812. The van der Waals surface area contributed by atoms with Crippen LogP contribution in [0.3, 0.4) is 0 Å². The van der Waals surface area contributed by atoms with E-state index < -0.39 is 90.0 Å². The molecule has 0 aliphatic carbocycles. The maximum Gasteiger partial charge on any atom is 0.408 e. The summed E-state index contributed by atoms with van der Waals surface area (Å²) in [5.41, 5.74) is -1.49. The van der Waals surface area contributed by atoms with E-state index in [0.29, 0.717) is 6.42 Å². The molecule has 14 atom stereocenters. The number of rotatable bonds is 6. The highest BCUT2D eigenvalue weighted by atomic mass is 16.7. The van der Waals surface area contributed by atoms with Gasteiger partial charge in [-0.05, 0) is 40.8 Å². The van der Waals surface area contributed by atoms with E-state index in [4.69, 9.17) is 30.1 Å². The number of carbonyl (C=O) groups is 4. The van der Waals surface area contributed by atoms with Gasteiger partial charge < -0.3 is 44.1 Å². The van der Waals surface area contributed by atoms with Gasteiger partial charge in [-0.25, -0.2) is 9.59 Å². The van der Waals surface area contributed by atoms with Gasteiger partial charge in [-0.2, -0.15) is 0 Å². The number of terminal acetylenes is 1. The number of Topliss-reactive ketones (excluding diaryl/α,β-unsaturated/α-hetero) is 2. The summed E-state index contributed by atoms with van der Waals surface area (Å²) >= 11 is 0. The van der Waals surface area contributed by atoms with Crippen LogP contribution in [0.1, 0.15) is 61.3 Å². The number of hydrogen-bond acceptors (Lipinski definition) is 12. The number of fused-ring (bicyclic) bond motifs is 1. The van der Waals surface area contributed by atoms with Crippen LogP contribution in [0.2, 0.25) is 0 Å². The Balaban J connectivity index is 2.13. The zero-order valence-corrected chi connectivity index (χ0v) is 27.7. The van der Waals surface area contributed by atoms with Gasteiger partial charge >= 0.3 is 12.1 Å². The van der Waals surface area contributed by atoms with E-state index in [1.165, 1.54) is 6.92 Å². The molecule has 3 aliphatic heterocycles. The van der Waals surface area contributed by atoms with Crippen LogP contribution in [0.4, 0.5) is 4.79 Å². The lowest BCUT2D eigenvalue weighted by Crippen LogP contribution is -2.59. The third kappa shape index (κ3) is 7.53. The topological polar surface area (TPSA) is 170 Å². The first-order valence-corrected chi connectivity index (χ1v) is 15.7. The zero-order valence-electron chi connectivity index (χ0n) is 27.7. The van der Waals surface area contributed by atoms with E-state index in [1.54, 1.807) is 34.6 Å². The predicted octanol–water partition coefficient (Wildman–Crippen LogP) is 1.06. The molecule has 2 unspecified atom stereocenters. The lowest BCUT2D eigenvalue weighted by Gasteiger charge is -2.45. The maximum absolute atomic E-state index is 14.1. The number of aliphatic hydroxyl groups is 2. The number of nitrogens with one attached hydrogen (secondary N) is 1. The normalized spacial score (nSPS) is 43.5. The fourth-order valence-corrected chi connectivity index (χ4v) is 7.12. The fourth-order valence-electron chi connectivity index (χ4n) is 7.12. The quantitative estimate of drug-likeness (QED) is 0.215. The number of esters is 1. The number of alkyl carbamates (subject to hydrolysis) is 1. The van der Waals surface area contributed by atoms with E-state index in [-0.39, 0.29) is 31.0 Å². The Kier molecular flexibility index (Phi) is 12.2. The number of nitrogens with zero attached hydrogens (tertiary/aromatic N) is 1. The molecule has 0 aromatic carbocycles. The van der Waals surface area contributed by atoms with E-state index in [0.717, 1.165) is 0 Å². The number of amides is 1. The van der Waals surface area contributed by atoms with Crippen molar-refractivity contribution in [1.29, 1.82) is 0 Å². The summed E-state index contributed by atoms with van der Waals surface area (Å²) in [4.78, 5) is 55.5. The second kappa shape index (κ2) is 14.9. The Bertz CT molecular complexity index is 1140. The van der Waals surface area contributed by atoms with Crippen molar-refractivity contribution < 1.29 is 53.1 Å². The molecule has 0 spiro atoms. The van der Waals surface area contributed by atoms with Crippen LogP contribution in [-0.4, -0.2) is 120 Å². The molecule has 0 aromatic heterocycles. The molecule has 0 saturated carbocycles. The predicted molar refractivity (Wildman–Crippen MR) is 161 cm³/mol. The molecule has 3 fully saturated rings. The van der Waals surface area contributed by atoms with Crippen LogP contribution in [0.5, 0.6) is 0 Å². The first kappa shape index (κ1) is 36.9. The Morgan fingerprint density at radius 1 is 1.02 bits per heavy atom. The summed E-state index contributed by atoms with van der Waals surface area (Å²) in [5, 5.41) is 24.9. The van der Waals surface area contributed by atoms with E-state index >= 15 is 0 Å². The first-order chi connectivity index (χ1) is 21.0. The lowest BCUT2D eigenvalue weighted by atomic mass is 9.74. The minimum absolute atomic E-state index is 0.152. The highest BCUT2D eigenvalue weighted by Crippen LogP contribution is 2.38. The molecule has 3 aliphatic rings. The number of aliphatic hydroxyl groups excluding tert-OH is 2. The molecule has 13 heteroatoms. The van der Waals surface area contributed by atoms with Crippen LogP contribution in [0, 0.1) is 36.0 Å². The summed E-state index contributed by atoms with van der Waals surface area (Å²) in [6.45, 7) is 11.4. The van der Waals surface area contributed by atoms with Gasteiger partial charge in [0.2, 0.25) is 6.10 Å². The largest absolute Gasteiger partial charge is 0.456 e. The van der Waals surface area contributed by atoms with Crippen molar-refractivity contribution >= 4 is 23.6 Å². The van der Waals surface area contributed by atoms with Crippen molar-refractivity contribution in [1.82, 2.24) is 10.2 Å². The smallest absolute Gasteiger partial charge is 0.408 e. The Morgan fingerprint density at radius 3 is 2.22 bits per heavy atom. The molecular weight excluding hydrogens is 588 g/mol. The van der Waals surface area contributed by atoms with Gasteiger partial charge in [0.05, 0.1) is 24.4 Å². The molecule has 13 nitrogen and oxygen atoms in total. The Morgan fingerprint density at radius 2 is 1.64 bits per heavy atom. The lowest BCUT2D eigenvalue weighted by molar-refractivity contribution is -0.282. The van der Waals surface area contributed by atoms with Crippen molar-refractivity contribution in [3.8, 4) is 12.3 Å². The Hall–Kier alpha value is -2.60. The molecule has 0 aromatic rings. The zero-order chi connectivity index (χ0) is 34.0. The molecule has 3 rings (SSSR count). The number of carbonyl (C=O) groups excluding carboxylic acids is 4. The summed E-state index contributed by atoms with van der Waals surface area (Å²) in [6.07, 6.45) is -2.50. The third-order valence-corrected chi connectivity index (χ3v) is 9.76. The molecule has 3 saturated heterocycles. The SMILES string of the molecule is C#CCO[C@@H]1[C@H](C)[C@H](O[C@@H]2O[C@H](C)C[C@H](N(C)C)[C@H]2O)[C@@H](C)C(=O)C(O)C(=O)O[C@H](CC)[C@@]2(C)OC(=O)NC2[C@@H](C)C(=O)[C@@H]1C. The molecule has 1 amide bonds. The molecule has 3 heterocycles. The number of ether oxygens (including phenoxy) is 5. The average molecular weight is 639 g/mol. The van der Waals surface area contributed by atoms with Crippen LogP contribution < -0.4 is 5.32 Å². The van der Waals surface area contributed by atoms with E-state index in [1.807, 2.05) is 25.9 Å². The molecule has 0 radical (unpaired) electrons. The molecule has 3 N–H and O–H groups in total. The van der Waals surface area contributed by atoms with Crippen LogP contribution in [0.25, 0.3) is 0 Å². The van der Waals surface area contributed by atoms with Crippen LogP contribution in [-0.2, 0) is 38.1 Å². The molecular formula is C32H50N2O11. The van der Waals surface area contributed by atoms with Crippen molar-refractivity contribution in [2.45, 2.75) is 122 Å². The summed E-state index contributed by atoms with van der Waals surface area (Å²) in [5.74, 6) is -3.61. The highest BCUT2D eigenvalue weighted by molar-refractivity contribution is 6.03. The second-order valence-corrected chi connectivity index (χ2v) is 13.1. The number of likely N-dealkylation sites (N-methyl/N-ethyl adjacent to an activating group) is 1. The van der Waals surface area contributed by atoms with Gasteiger partial charge in [-0.3, -0.25) is 9.59 Å². The van der Waals surface area contributed by atoms with Gasteiger partial charge in [0.25, 0.3) is 0 Å². The van der Waals surface area contributed by atoms with E-state index in [9.17, 15) is 29.4 Å². The number of cyclic esters (lactones) is 1. The number of ketones is 2. The molecule has 0 bridgehead atoms. The van der Waals surface area contributed by atoms with Crippen molar-refractivity contribution in [2.75, 3.05) is 20.7 Å². The monoisotopic (exact) mass is 638 g/mol. The van der Waals surface area contributed by atoms with Gasteiger partial charge in [-0.1, -0.05) is 40.5 Å². The summed E-state index contributed by atoms with van der Waals surface area (Å²) in [6, 6.07) is -1.24. The van der Waals surface area contributed by atoms with Crippen LogP contribution in [0.15, 0.2) is 0 Å². The van der Waals surface area contributed by atoms with Gasteiger partial charge in [-0.15, -0.1) is 6.42 Å². The number of hydrogen-bond donors (Lipinski definition) is 3. The first-order valence-electron chi connectivity index (χ1n) is 15.7. The molecule has 254 valence electrons. The van der Waals surface area contributed by atoms with E-state index in [2.05, 4.69) is 11.2 Å². The summed E-state index contributed by atoms with van der Waals surface area (Å²) in [7, 11) is 3.65. The van der Waals surface area contributed by atoms with Crippen molar-refractivity contribution in [3.05, 3.63) is 0 Å². The van der Waals surface area contributed by atoms with Crippen molar-refractivity contribution in [2.24, 2.45) is 23.7 Å². The maximum atomic E-state index is 14.1. The average Bonchev–Trinajstić information content (AvgIpc) is 3.31. The minimum Gasteiger partial charge on any atom is -0.456 e. The van der Waals surface area contributed by atoms with Crippen molar-refractivity contribution in [3.63, 3.8) is 0 Å². The highest BCUT2D eigenvalue weighted by Gasteiger charge is 2.57. The Labute approximate surface area is 265 Å². The van der Waals surface area contributed by atoms with Gasteiger partial charge in [0.15, 0.2) is 17.7 Å². The third-order valence-electron chi connectivity index (χ3n) is 9.76. The molecule has 45 heavy (non-hydrogen) atoms. The second-order valence-electron chi connectivity index (χ2n) is 13.1. The minimum atomic E-state index is -2.20. The van der Waals surface area contributed by atoms with Gasteiger partial charge in [0, 0.05) is 29.7 Å². The standard InChI is InChI=1S/C32H50N2O11/c1-11-13-41-26-16(4)22(35)18(6)28-32(8,45-31(40)33-28)21(12-2)43-29(39)25(38)23(36)17(5)27(19(26)7)44-30-24(37)20(34(9)10)14-15(3)42-30/h1,15-21,24-28,30,37-38H,12-14H2,2-10H3,(H,33,40)/t15-,16+,17+,18+,19+,20+,21-,24-,25?,26+,27-,28?,30+,32-/m1/s1. The van der Waals surface area contributed by atoms with Gasteiger partial charge in [0.1, 0.15) is 24.6 Å². The summed E-state index contributed by atoms with van der Waals surface area (Å²) < 4.78 is 29.7.